The van der Waals surface area contributed by atoms with E-state index in [1.807, 2.05) is 30.3 Å². The molecule has 1 unspecified atom stereocenters. The molecule has 1 fully saturated rings. The van der Waals surface area contributed by atoms with Gasteiger partial charge in [0, 0.05) is 50.2 Å². The highest BCUT2D eigenvalue weighted by atomic mass is 16.2. The van der Waals surface area contributed by atoms with Crippen molar-refractivity contribution in [2.45, 2.75) is 59.4 Å². The van der Waals surface area contributed by atoms with Crippen LogP contribution in [-0.2, 0) is 4.79 Å². The summed E-state index contributed by atoms with van der Waals surface area (Å²) in [6.07, 6.45) is 8.24. The fourth-order valence-electron chi connectivity index (χ4n) is 3.47. The van der Waals surface area contributed by atoms with Crippen molar-refractivity contribution >= 4 is 16.8 Å². The normalized spacial score (nSPS) is 17.3. The molecule has 0 N–H and O–H groups in total. The minimum atomic E-state index is -0.184. The molecule has 0 saturated carbocycles. The number of pyridine rings is 1. The number of piperazine rings is 1. The van der Waals surface area contributed by atoms with Crippen LogP contribution in [0.1, 0.15) is 65.0 Å². The van der Waals surface area contributed by atoms with Crippen molar-refractivity contribution in [3.05, 3.63) is 30.2 Å². The first-order valence-electron chi connectivity index (χ1n) is 10.4. The quantitative estimate of drug-likeness (QED) is 0.803. The molecule has 27 heavy (non-hydrogen) atoms. The first kappa shape index (κ1) is 21.4. The SMILES string of the molecule is CCC.CCC(C)c1cn([C@@H](C)C(=O)N2CCN(C)CC2)c2ccncc12. The number of carbonyl (C=O) groups is 1. The molecule has 5 heteroatoms. The molecule has 1 amide bonds. The molecular weight excluding hydrogens is 336 g/mol. The third-order valence-electron chi connectivity index (χ3n) is 5.40. The zero-order valence-electron chi connectivity index (χ0n) is 17.9. The van der Waals surface area contributed by atoms with E-state index in [1.54, 1.807) is 0 Å². The predicted octanol–water partition coefficient (Wildman–Crippen LogP) is 4.30. The third-order valence-corrected chi connectivity index (χ3v) is 5.40. The van der Waals surface area contributed by atoms with Gasteiger partial charge in [-0.2, -0.15) is 0 Å². The van der Waals surface area contributed by atoms with E-state index in [1.165, 1.54) is 17.4 Å². The maximum Gasteiger partial charge on any atom is 0.245 e. The number of rotatable bonds is 4. The largest absolute Gasteiger partial charge is 0.338 e. The Labute approximate surface area is 164 Å². The lowest BCUT2D eigenvalue weighted by atomic mass is 9.99. The second-order valence-corrected chi connectivity index (χ2v) is 7.71. The molecule has 2 aromatic rings. The first-order valence-corrected chi connectivity index (χ1v) is 10.4. The van der Waals surface area contributed by atoms with Crippen LogP contribution in [0.25, 0.3) is 10.9 Å². The highest BCUT2D eigenvalue weighted by molar-refractivity contribution is 5.87. The van der Waals surface area contributed by atoms with Crippen molar-refractivity contribution in [2.75, 3.05) is 33.2 Å². The van der Waals surface area contributed by atoms with E-state index in [-0.39, 0.29) is 11.9 Å². The lowest BCUT2D eigenvalue weighted by molar-refractivity contribution is -0.135. The van der Waals surface area contributed by atoms with Gasteiger partial charge < -0.3 is 14.4 Å². The van der Waals surface area contributed by atoms with Crippen LogP contribution in [0.4, 0.5) is 0 Å². The van der Waals surface area contributed by atoms with Crippen molar-refractivity contribution in [3.8, 4) is 0 Å². The summed E-state index contributed by atoms with van der Waals surface area (Å²) in [5.41, 5.74) is 2.40. The van der Waals surface area contributed by atoms with Gasteiger partial charge in [0.25, 0.3) is 0 Å². The second-order valence-electron chi connectivity index (χ2n) is 7.71. The summed E-state index contributed by atoms with van der Waals surface area (Å²) in [5.74, 6) is 0.677. The minimum Gasteiger partial charge on any atom is -0.338 e. The average molecular weight is 373 g/mol. The van der Waals surface area contributed by atoms with E-state index in [2.05, 4.69) is 55.4 Å². The van der Waals surface area contributed by atoms with Crippen LogP contribution in [0.3, 0.4) is 0 Å². The molecule has 3 rings (SSSR count). The molecule has 0 aliphatic carbocycles. The molecular formula is C22H36N4O. The lowest BCUT2D eigenvalue weighted by Gasteiger charge is -2.34. The summed E-state index contributed by atoms with van der Waals surface area (Å²) in [4.78, 5) is 21.5. The van der Waals surface area contributed by atoms with Gasteiger partial charge in [-0.15, -0.1) is 0 Å². The topological polar surface area (TPSA) is 41.4 Å². The number of aromatic nitrogens is 2. The van der Waals surface area contributed by atoms with E-state index in [9.17, 15) is 4.79 Å². The zero-order valence-corrected chi connectivity index (χ0v) is 17.9. The van der Waals surface area contributed by atoms with Crippen molar-refractivity contribution < 1.29 is 4.79 Å². The van der Waals surface area contributed by atoms with Crippen LogP contribution in [0.2, 0.25) is 0 Å². The number of hydrogen-bond acceptors (Lipinski definition) is 3. The van der Waals surface area contributed by atoms with Gasteiger partial charge in [0.2, 0.25) is 5.91 Å². The summed E-state index contributed by atoms with van der Waals surface area (Å²) in [6.45, 7) is 14.2. The minimum absolute atomic E-state index is 0.184. The molecule has 0 radical (unpaired) electrons. The van der Waals surface area contributed by atoms with Gasteiger partial charge in [0.15, 0.2) is 0 Å². The van der Waals surface area contributed by atoms with Gasteiger partial charge in [-0.25, -0.2) is 0 Å². The third kappa shape index (κ3) is 4.89. The Morgan fingerprint density at radius 1 is 1.15 bits per heavy atom. The van der Waals surface area contributed by atoms with Crippen LogP contribution >= 0.6 is 0 Å². The van der Waals surface area contributed by atoms with Crippen molar-refractivity contribution in [1.82, 2.24) is 19.4 Å². The van der Waals surface area contributed by atoms with Gasteiger partial charge in [-0.3, -0.25) is 9.78 Å². The van der Waals surface area contributed by atoms with Gasteiger partial charge in [0.1, 0.15) is 6.04 Å². The first-order chi connectivity index (χ1) is 12.9. The Kier molecular flexibility index (Phi) is 7.84. The van der Waals surface area contributed by atoms with E-state index in [0.29, 0.717) is 5.92 Å². The zero-order chi connectivity index (χ0) is 20.0. The van der Waals surface area contributed by atoms with E-state index in [4.69, 9.17) is 0 Å². The molecule has 150 valence electrons. The number of likely N-dealkylation sites (N-methyl/N-ethyl adjacent to an activating group) is 1. The summed E-state index contributed by atoms with van der Waals surface area (Å²) in [7, 11) is 2.11. The van der Waals surface area contributed by atoms with E-state index in [0.717, 1.165) is 38.1 Å². The molecule has 5 nitrogen and oxygen atoms in total. The summed E-state index contributed by atoms with van der Waals surface area (Å²) >= 11 is 0. The summed E-state index contributed by atoms with van der Waals surface area (Å²) < 4.78 is 2.14. The Hall–Kier alpha value is -1.88. The smallest absolute Gasteiger partial charge is 0.245 e. The number of fused-ring (bicyclic) bond motifs is 1. The molecule has 1 aliphatic rings. The van der Waals surface area contributed by atoms with Crippen LogP contribution in [-0.4, -0.2) is 58.5 Å². The maximum absolute atomic E-state index is 13.0. The van der Waals surface area contributed by atoms with E-state index < -0.39 is 0 Å². The van der Waals surface area contributed by atoms with Crippen molar-refractivity contribution in [2.24, 2.45) is 0 Å². The standard InChI is InChI=1S/C19H28N4O.C3H8/c1-5-14(2)17-13-23(18-6-7-20-12-16(17)18)15(3)19(24)22-10-8-21(4)9-11-22;1-3-2/h6-7,12-15H,5,8-11H2,1-4H3;3H2,1-2H3/t14?,15-;/m0./s1. The lowest BCUT2D eigenvalue weighted by Crippen LogP contribution is -2.48. The number of hydrogen-bond donors (Lipinski definition) is 0. The molecule has 2 atom stereocenters. The van der Waals surface area contributed by atoms with Crippen molar-refractivity contribution in [1.29, 1.82) is 0 Å². The van der Waals surface area contributed by atoms with Gasteiger partial charge >= 0.3 is 0 Å². The van der Waals surface area contributed by atoms with Crippen LogP contribution in [0.5, 0.6) is 0 Å². The fourth-order valence-corrected chi connectivity index (χ4v) is 3.47. The number of nitrogens with zero attached hydrogens (tertiary/aromatic N) is 4. The Bertz CT molecular complexity index is 731. The average Bonchev–Trinajstić information content (AvgIpc) is 3.07. The molecule has 2 aromatic heterocycles. The number of carbonyl (C=O) groups excluding carboxylic acids is 1. The van der Waals surface area contributed by atoms with Gasteiger partial charge in [-0.1, -0.05) is 34.1 Å². The Morgan fingerprint density at radius 3 is 2.37 bits per heavy atom. The molecule has 0 aromatic carbocycles. The van der Waals surface area contributed by atoms with Crippen LogP contribution in [0.15, 0.2) is 24.7 Å². The predicted molar refractivity (Wildman–Crippen MR) is 113 cm³/mol. The highest BCUT2D eigenvalue weighted by Gasteiger charge is 2.26. The number of amides is 1. The molecule has 1 aliphatic heterocycles. The molecule has 1 saturated heterocycles. The Balaban J connectivity index is 0.000000817. The maximum atomic E-state index is 13.0. The molecule has 3 heterocycles. The second kappa shape index (κ2) is 9.88. The Morgan fingerprint density at radius 2 is 1.78 bits per heavy atom. The van der Waals surface area contributed by atoms with Crippen molar-refractivity contribution in [3.63, 3.8) is 0 Å². The monoisotopic (exact) mass is 372 g/mol. The highest BCUT2D eigenvalue weighted by Crippen LogP contribution is 2.31. The van der Waals surface area contributed by atoms with E-state index >= 15 is 0 Å². The summed E-state index contributed by atoms with van der Waals surface area (Å²) in [5, 5.41) is 1.17. The van der Waals surface area contributed by atoms with Crippen LogP contribution in [0, 0.1) is 0 Å². The molecule has 0 spiro atoms. The molecule has 0 bridgehead atoms. The van der Waals surface area contributed by atoms with Gasteiger partial charge in [-0.05, 0) is 37.9 Å². The van der Waals surface area contributed by atoms with Crippen LogP contribution < -0.4 is 0 Å². The fraction of sp³-hybridized carbons (Fsp3) is 0.636. The van der Waals surface area contributed by atoms with Gasteiger partial charge in [0.05, 0.1) is 5.52 Å². The summed E-state index contributed by atoms with van der Waals surface area (Å²) in [6, 6.07) is 1.84.